The molecule has 0 aliphatic carbocycles. The standard InChI is InChI=1S/C21H23N3O5/c1-12-18(25)24-16-11-15(8-9-17(16)28-12)22-19(26)13-6-5-7-14(10-13)23-20(27)29-21(2,3)4/h5-12H,1-4H3,(H,22,26)(H,23,27)(H,24,25)/t12-/m1/s1. The minimum Gasteiger partial charge on any atom is -0.479 e. The highest BCUT2D eigenvalue weighted by atomic mass is 16.6. The van der Waals surface area contributed by atoms with Gasteiger partial charge in [0, 0.05) is 16.9 Å². The van der Waals surface area contributed by atoms with Crippen molar-refractivity contribution in [1.29, 1.82) is 0 Å². The number of carbonyl (C=O) groups is 3. The van der Waals surface area contributed by atoms with Gasteiger partial charge in [-0.3, -0.25) is 14.9 Å². The number of hydrogen-bond donors (Lipinski definition) is 3. The van der Waals surface area contributed by atoms with E-state index in [4.69, 9.17) is 9.47 Å². The SMILES string of the molecule is C[C@H]1Oc2ccc(NC(=O)c3cccc(NC(=O)OC(C)(C)C)c3)cc2NC1=O. The molecular formula is C21H23N3O5. The Morgan fingerprint density at radius 1 is 1.07 bits per heavy atom. The lowest BCUT2D eigenvalue weighted by atomic mass is 10.1. The second-order valence-electron chi connectivity index (χ2n) is 7.62. The number of nitrogens with one attached hydrogen (secondary N) is 3. The van der Waals surface area contributed by atoms with Gasteiger partial charge in [0.05, 0.1) is 5.69 Å². The lowest BCUT2D eigenvalue weighted by molar-refractivity contribution is -0.122. The lowest BCUT2D eigenvalue weighted by Gasteiger charge is -2.23. The average Bonchev–Trinajstić information content (AvgIpc) is 2.61. The molecule has 3 amide bonds. The molecule has 2 aromatic carbocycles. The molecule has 29 heavy (non-hydrogen) atoms. The van der Waals surface area contributed by atoms with Gasteiger partial charge in [0.2, 0.25) is 0 Å². The van der Waals surface area contributed by atoms with Gasteiger partial charge in [-0.25, -0.2) is 4.79 Å². The first-order valence-corrected chi connectivity index (χ1v) is 9.14. The lowest BCUT2D eigenvalue weighted by Crippen LogP contribution is -2.34. The Morgan fingerprint density at radius 2 is 1.79 bits per heavy atom. The van der Waals surface area contributed by atoms with E-state index in [9.17, 15) is 14.4 Å². The maximum Gasteiger partial charge on any atom is 0.412 e. The largest absolute Gasteiger partial charge is 0.479 e. The molecule has 1 aliphatic rings. The first kappa shape index (κ1) is 20.2. The quantitative estimate of drug-likeness (QED) is 0.726. The van der Waals surface area contributed by atoms with Crippen molar-refractivity contribution in [2.45, 2.75) is 39.4 Å². The molecule has 0 unspecified atom stereocenters. The summed E-state index contributed by atoms with van der Waals surface area (Å²) in [6, 6.07) is 11.5. The van der Waals surface area contributed by atoms with Gasteiger partial charge in [0.15, 0.2) is 6.10 Å². The number of rotatable bonds is 3. The second kappa shape index (κ2) is 7.83. The van der Waals surface area contributed by atoms with Gasteiger partial charge < -0.3 is 20.1 Å². The topological polar surface area (TPSA) is 106 Å². The third-order valence-corrected chi connectivity index (χ3v) is 3.94. The number of carbonyl (C=O) groups excluding carboxylic acids is 3. The molecule has 0 saturated carbocycles. The molecular weight excluding hydrogens is 374 g/mol. The molecule has 0 spiro atoms. The van der Waals surface area contributed by atoms with Gasteiger partial charge in [0.1, 0.15) is 11.4 Å². The smallest absolute Gasteiger partial charge is 0.412 e. The van der Waals surface area contributed by atoms with Crippen molar-refractivity contribution in [3.63, 3.8) is 0 Å². The molecule has 0 bridgehead atoms. The van der Waals surface area contributed by atoms with Crippen molar-refractivity contribution in [2.75, 3.05) is 16.0 Å². The summed E-state index contributed by atoms with van der Waals surface area (Å²) in [5, 5.41) is 8.10. The van der Waals surface area contributed by atoms with Crippen LogP contribution in [0.5, 0.6) is 5.75 Å². The van der Waals surface area contributed by atoms with Crippen LogP contribution in [0.1, 0.15) is 38.1 Å². The van der Waals surface area contributed by atoms with Crippen molar-refractivity contribution in [3.8, 4) is 5.75 Å². The van der Waals surface area contributed by atoms with Crippen LogP contribution in [-0.4, -0.2) is 29.6 Å². The zero-order chi connectivity index (χ0) is 21.2. The maximum atomic E-state index is 12.6. The molecule has 0 saturated heterocycles. The summed E-state index contributed by atoms with van der Waals surface area (Å²) in [7, 11) is 0. The van der Waals surface area contributed by atoms with E-state index in [0.29, 0.717) is 28.4 Å². The molecule has 8 heteroatoms. The number of fused-ring (bicyclic) bond motifs is 1. The average molecular weight is 397 g/mol. The molecule has 0 aromatic heterocycles. The number of amides is 3. The Kier molecular flexibility index (Phi) is 5.45. The van der Waals surface area contributed by atoms with E-state index in [1.807, 2.05) is 0 Å². The Bertz CT molecular complexity index is 965. The Hall–Kier alpha value is -3.55. The summed E-state index contributed by atoms with van der Waals surface area (Å²) in [5.41, 5.74) is 1.16. The van der Waals surface area contributed by atoms with Gasteiger partial charge in [-0.15, -0.1) is 0 Å². The predicted octanol–water partition coefficient (Wildman–Crippen LogP) is 4.01. The number of ether oxygens (including phenoxy) is 2. The van der Waals surface area contributed by atoms with Crippen LogP contribution < -0.4 is 20.7 Å². The van der Waals surface area contributed by atoms with Crippen LogP contribution in [0, 0.1) is 0 Å². The van der Waals surface area contributed by atoms with E-state index in [1.165, 1.54) is 0 Å². The Labute approximate surface area is 168 Å². The van der Waals surface area contributed by atoms with Crippen molar-refractivity contribution in [3.05, 3.63) is 48.0 Å². The fourth-order valence-electron chi connectivity index (χ4n) is 2.65. The minimum absolute atomic E-state index is 0.248. The molecule has 0 radical (unpaired) electrons. The minimum atomic E-state index is -0.623. The highest BCUT2D eigenvalue weighted by Gasteiger charge is 2.23. The summed E-state index contributed by atoms with van der Waals surface area (Å²) < 4.78 is 10.7. The van der Waals surface area contributed by atoms with Crippen LogP contribution in [0.25, 0.3) is 0 Å². The molecule has 1 atom stereocenters. The first-order chi connectivity index (χ1) is 13.6. The summed E-state index contributed by atoms with van der Waals surface area (Å²) in [6.45, 7) is 6.96. The van der Waals surface area contributed by atoms with Crippen molar-refractivity contribution >= 4 is 35.0 Å². The number of benzene rings is 2. The molecule has 3 N–H and O–H groups in total. The zero-order valence-corrected chi connectivity index (χ0v) is 16.7. The Balaban J connectivity index is 1.69. The van der Waals surface area contributed by atoms with E-state index in [0.717, 1.165) is 0 Å². The van der Waals surface area contributed by atoms with E-state index >= 15 is 0 Å². The van der Waals surface area contributed by atoms with E-state index in [-0.39, 0.29) is 11.8 Å². The van der Waals surface area contributed by atoms with Crippen molar-refractivity contribution in [1.82, 2.24) is 0 Å². The van der Waals surface area contributed by atoms with Gasteiger partial charge in [-0.05, 0) is 64.1 Å². The van der Waals surface area contributed by atoms with Crippen molar-refractivity contribution < 1.29 is 23.9 Å². The van der Waals surface area contributed by atoms with Crippen LogP contribution in [-0.2, 0) is 9.53 Å². The fourth-order valence-corrected chi connectivity index (χ4v) is 2.65. The molecule has 8 nitrogen and oxygen atoms in total. The van der Waals surface area contributed by atoms with Gasteiger partial charge in [0.25, 0.3) is 11.8 Å². The van der Waals surface area contributed by atoms with Gasteiger partial charge >= 0.3 is 6.09 Å². The molecule has 1 heterocycles. The summed E-state index contributed by atoms with van der Waals surface area (Å²) >= 11 is 0. The third-order valence-electron chi connectivity index (χ3n) is 3.94. The molecule has 2 aromatic rings. The van der Waals surface area contributed by atoms with Gasteiger partial charge in [-0.2, -0.15) is 0 Å². The summed E-state index contributed by atoms with van der Waals surface area (Å²) in [5.74, 6) is -0.0743. The van der Waals surface area contributed by atoms with Crippen LogP contribution in [0.3, 0.4) is 0 Å². The van der Waals surface area contributed by atoms with Crippen LogP contribution >= 0.6 is 0 Å². The van der Waals surface area contributed by atoms with E-state index in [1.54, 1.807) is 70.2 Å². The van der Waals surface area contributed by atoms with Crippen molar-refractivity contribution in [2.24, 2.45) is 0 Å². The van der Waals surface area contributed by atoms with E-state index in [2.05, 4.69) is 16.0 Å². The Morgan fingerprint density at radius 3 is 2.52 bits per heavy atom. The summed E-state index contributed by atoms with van der Waals surface area (Å²) in [6.07, 6.45) is -1.17. The zero-order valence-electron chi connectivity index (χ0n) is 16.7. The fraction of sp³-hybridized carbons (Fsp3) is 0.286. The third kappa shape index (κ3) is 5.25. The molecule has 152 valence electrons. The molecule has 0 fully saturated rings. The van der Waals surface area contributed by atoms with Crippen LogP contribution in [0.2, 0.25) is 0 Å². The monoisotopic (exact) mass is 397 g/mol. The number of anilines is 3. The van der Waals surface area contributed by atoms with Crippen LogP contribution in [0.15, 0.2) is 42.5 Å². The highest BCUT2D eigenvalue weighted by molar-refractivity contribution is 6.06. The molecule has 1 aliphatic heterocycles. The highest BCUT2D eigenvalue weighted by Crippen LogP contribution is 2.32. The summed E-state index contributed by atoms with van der Waals surface area (Å²) in [4.78, 5) is 36.3. The maximum absolute atomic E-state index is 12.6. The second-order valence-corrected chi connectivity index (χ2v) is 7.62. The van der Waals surface area contributed by atoms with Gasteiger partial charge in [-0.1, -0.05) is 6.07 Å². The first-order valence-electron chi connectivity index (χ1n) is 9.14. The number of hydrogen-bond acceptors (Lipinski definition) is 5. The molecule has 3 rings (SSSR count). The predicted molar refractivity (Wildman–Crippen MR) is 109 cm³/mol. The van der Waals surface area contributed by atoms with Crippen LogP contribution in [0.4, 0.5) is 21.9 Å². The van der Waals surface area contributed by atoms with E-state index < -0.39 is 17.8 Å². The normalized spacial score (nSPS) is 15.4.